The normalized spacial score (nSPS) is 10.5. The van der Waals surface area contributed by atoms with Crippen molar-refractivity contribution in [3.05, 3.63) is 42.1 Å². The van der Waals surface area contributed by atoms with E-state index in [-0.39, 0.29) is 7.40 Å². The van der Waals surface area contributed by atoms with Gasteiger partial charge in [-0.2, -0.15) is 0 Å². The molecule has 0 saturated heterocycles. The third-order valence-electron chi connectivity index (χ3n) is 2.67. The van der Waals surface area contributed by atoms with Gasteiger partial charge in [-0.15, -0.1) is 0 Å². The zero-order valence-electron chi connectivity index (χ0n) is 10.0. The van der Waals surface area contributed by atoms with Gasteiger partial charge in [0.05, 0.1) is 17.7 Å². The second kappa shape index (κ2) is 4.45. The van der Waals surface area contributed by atoms with Crippen molar-refractivity contribution in [1.82, 2.24) is 4.98 Å². The van der Waals surface area contributed by atoms with Gasteiger partial charge in [-0.1, -0.05) is 24.3 Å². The highest BCUT2D eigenvalue weighted by atomic mass is 16.5. The van der Waals surface area contributed by atoms with Crippen molar-refractivity contribution in [2.45, 2.75) is 13.8 Å². The molecular formula is C14H17NO2. The molecule has 1 heterocycles. The maximum atomic E-state index is 12.0. The first-order valence-corrected chi connectivity index (χ1v) is 5.58. The lowest BCUT2D eigenvalue weighted by Gasteiger charge is -2.09. The van der Waals surface area contributed by atoms with Gasteiger partial charge in [-0.3, -0.25) is 0 Å². The Kier molecular flexibility index (Phi) is 3.00. The van der Waals surface area contributed by atoms with Crippen molar-refractivity contribution in [2.24, 2.45) is 0 Å². The smallest absolute Gasteiger partial charge is 0.340 e. The molecule has 0 aliphatic rings. The first-order valence-electron chi connectivity index (χ1n) is 5.58. The molecule has 0 radical (unpaired) electrons. The number of carbonyl (C=O) groups excluding carboxylic acids is 1. The summed E-state index contributed by atoms with van der Waals surface area (Å²) >= 11 is 0. The zero-order valence-corrected chi connectivity index (χ0v) is 10.0. The molecule has 0 fully saturated rings. The van der Waals surface area contributed by atoms with Crippen molar-refractivity contribution in [3.63, 3.8) is 0 Å². The van der Waals surface area contributed by atoms with E-state index in [1.807, 2.05) is 31.3 Å². The number of allylic oxidation sites excluding steroid dienone is 1. The molecule has 0 aliphatic heterocycles. The molecule has 0 amide bonds. The Morgan fingerprint density at radius 1 is 1.47 bits per heavy atom. The van der Waals surface area contributed by atoms with E-state index in [0.29, 0.717) is 12.2 Å². The van der Waals surface area contributed by atoms with Crippen molar-refractivity contribution in [1.29, 1.82) is 0 Å². The highest BCUT2D eigenvalue weighted by Crippen LogP contribution is 2.26. The van der Waals surface area contributed by atoms with Gasteiger partial charge in [0, 0.05) is 13.0 Å². The van der Waals surface area contributed by atoms with Crippen LogP contribution in [-0.2, 0) is 4.74 Å². The maximum absolute atomic E-state index is 12.0. The highest BCUT2D eigenvalue weighted by Gasteiger charge is 2.17. The van der Waals surface area contributed by atoms with E-state index in [0.717, 1.165) is 22.0 Å². The summed E-state index contributed by atoms with van der Waals surface area (Å²) in [4.78, 5) is 15.1. The third kappa shape index (κ3) is 1.96. The van der Waals surface area contributed by atoms with Crippen LogP contribution in [-0.4, -0.2) is 17.6 Å². The summed E-state index contributed by atoms with van der Waals surface area (Å²) in [7, 11) is 0. The van der Waals surface area contributed by atoms with Crippen molar-refractivity contribution in [2.75, 3.05) is 6.61 Å². The lowest BCUT2D eigenvalue weighted by atomic mass is 9.99. The zero-order chi connectivity index (χ0) is 12.4. The summed E-state index contributed by atoms with van der Waals surface area (Å²) in [5.41, 5.74) is 3.06. The molecular weight excluding hydrogens is 214 g/mol. The Morgan fingerprint density at radius 2 is 2.24 bits per heavy atom. The number of aromatic nitrogens is 1. The molecule has 0 atom stereocenters. The molecule has 90 valence electrons. The predicted octanol–water partition coefficient (Wildman–Crippen LogP) is 3.62. The molecule has 1 aromatic heterocycles. The number of carbonyl (C=O) groups is 1. The number of ether oxygens (including phenoxy) is 1. The minimum absolute atomic E-state index is 0. The SMILES string of the molecule is C=C(C)c1ccc2cc[nH]c2c1C(=O)OCC.[HH]. The van der Waals surface area contributed by atoms with Gasteiger partial charge in [0.2, 0.25) is 0 Å². The quantitative estimate of drug-likeness (QED) is 0.820. The summed E-state index contributed by atoms with van der Waals surface area (Å²) in [6, 6.07) is 5.81. The fourth-order valence-corrected chi connectivity index (χ4v) is 1.90. The monoisotopic (exact) mass is 231 g/mol. The van der Waals surface area contributed by atoms with Gasteiger partial charge in [-0.05, 0) is 25.5 Å². The van der Waals surface area contributed by atoms with Crippen LogP contribution in [0, 0.1) is 0 Å². The predicted molar refractivity (Wildman–Crippen MR) is 71.1 cm³/mol. The topological polar surface area (TPSA) is 42.1 Å². The first kappa shape index (κ1) is 11.5. The Balaban J connectivity index is 0.00000162. The number of hydrogen-bond acceptors (Lipinski definition) is 2. The molecule has 2 aromatic rings. The number of H-pyrrole nitrogens is 1. The lowest BCUT2D eigenvalue weighted by molar-refractivity contribution is 0.0528. The molecule has 0 aliphatic carbocycles. The fourth-order valence-electron chi connectivity index (χ4n) is 1.90. The Bertz CT molecular complexity index is 586. The number of hydrogen-bond donors (Lipinski definition) is 1. The Morgan fingerprint density at radius 3 is 2.88 bits per heavy atom. The van der Waals surface area contributed by atoms with Crippen LogP contribution in [0.2, 0.25) is 0 Å². The number of esters is 1. The average Bonchev–Trinajstić information content (AvgIpc) is 2.75. The standard InChI is InChI=1S/C14H15NO2.H2/c1-4-17-14(16)12-11(9(2)3)6-5-10-7-8-15-13(10)12;/h5-8,15H,2,4H2,1,3H3;1H. The van der Waals surface area contributed by atoms with Gasteiger partial charge < -0.3 is 9.72 Å². The second-order valence-electron chi connectivity index (χ2n) is 3.93. The average molecular weight is 231 g/mol. The van der Waals surface area contributed by atoms with Crippen molar-refractivity contribution in [3.8, 4) is 0 Å². The number of aromatic amines is 1. The molecule has 1 N–H and O–H groups in total. The van der Waals surface area contributed by atoms with Crippen LogP contribution in [0.4, 0.5) is 0 Å². The molecule has 0 unspecified atom stereocenters. The van der Waals surface area contributed by atoms with Gasteiger partial charge in [0.15, 0.2) is 0 Å². The van der Waals surface area contributed by atoms with E-state index in [2.05, 4.69) is 11.6 Å². The minimum atomic E-state index is -0.307. The van der Waals surface area contributed by atoms with Crippen molar-refractivity contribution >= 4 is 22.4 Å². The molecule has 0 bridgehead atoms. The largest absolute Gasteiger partial charge is 0.462 e. The van der Waals surface area contributed by atoms with E-state index in [4.69, 9.17) is 4.74 Å². The number of rotatable bonds is 3. The van der Waals surface area contributed by atoms with Crippen LogP contribution in [0.5, 0.6) is 0 Å². The van der Waals surface area contributed by atoms with Crippen LogP contribution in [0.1, 0.15) is 31.2 Å². The van der Waals surface area contributed by atoms with Crippen LogP contribution in [0.15, 0.2) is 31.0 Å². The van der Waals surface area contributed by atoms with E-state index in [1.54, 1.807) is 6.92 Å². The summed E-state index contributed by atoms with van der Waals surface area (Å²) in [5.74, 6) is -0.307. The molecule has 3 nitrogen and oxygen atoms in total. The summed E-state index contributed by atoms with van der Waals surface area (Å²) in [6.45, 7) is 7.95. The highest BCUT2D eigenvalue weighted by molar-refractivity contribution is 6.07. The van der Waals surface area contributed by atoms with Gasteiger partial charge in [0.25, 0.3) is 0 Å². The third-order valence-corrected chi connectivity index (χ3v) is 2.67. The number of nitrogens with one attached hydrogen (secondary N) is 1. The van der Waals surface area contributed by atoms with Gasteiger partial charge >= 0.3 is 5.97 Å². The Hall–Kier alpha value is -2.03. The van der Waals surface area contributed by atoms with E-state index >= 15 is 0 Å². The van der Waals surface area contributed by atoms with Gasteiger partial charge in [-0.25, -0.2) is 4.79 Å². The minimum Gasteiger partial charge on any atom is -0.462 e. The Labute approximate surface area is 102 Å². The number of benzene rings is 1. The van der Waals surface area contributed by atoms with Crippen LogP contribution in [0.25, 0.3) is 16.5 Å². The van der Waals surface area contributed by atoms with Crippen LogP contribution < -0.4 is 0 Å². The second-order valence-corrected chi connectivity index (χ2v) is 3.93. The molecule has 1 aromatic carbocycles. The lowest BCUT2D eigenvalue weighted by Crippen LogP contribution is -2.08. The molecule has 17 heavy (non-hydrogen) atoms. The molecule has 3 heteroatoms. The summed E-state index contributed by atoms with van der Waals surface area (Å²) in [5, 5.41) is 0.998. The van der Waals surface area contributed by atoms with E-state index < -0.39 is 0 Å². The molecule has 0 spiro atoms. The van der Waals surface area contributed by atoms with Gasteiger partial charge in [0.1, 0.15) is 0 Å². The molecule has 0 saturated carbocycles. The summed E-state index contributed by atoms with van der Waals surface area (Å²) < 4.78 is 5.10. The number of fused-ring (bicyclic) bond motifs is 1. The van der Waals surface area contributed by atoms with Crippen LogP contribution >= 0.6 is 0 Å². The van der Waals surface area contributed by atoms with E-state index in [9.17, 15) is 4.79 Å². The van der Waals surface area contributed by atoms with Crippen LogP contribution in [0.3, 0.4) is 0 Å². The summed E-state index contributed by atoms with van der Waals surface area (Å²) in [6.07, 6.45) is 1.82. The maximum Gasteiger partial charge on any atom is 0.340 e. The fraction of sp³-hybridized carbons (Fsp3) is 0.214. The van der Waals surface area contributed by atoms with E-state index in [1.165, 1.54) is 0 Å². The first-order chi connectivity index (χ1) is 8.15. The molecule has 2 rings (SSSR count). The van der Waals surface area contributed by atoms with Crippen molar-refractivity contribution < 1.29 is 11.0 Å².